The molecule has 8 nitrogen and oxygen atoms in total. The number of amides is 3. The minimum absolute atomic E-state index is 0.0522. The van der Waals surface area contributed by atoms with Gasteiger partial charge in [0.15, 0.2) is 0 Å². The summed E-state index contributed by atoms with van der Waals surface area (Å²) in [7, 11) is 1.57. The smallest absolute Gasteiger partial charge is 0.395 e. The van der Waals surface area contributed by atoms with Crippen LogP contribution < -0.4 is 4.90 Å². The van der Waals surface area contributed by atoms with Crippen LogP contribution in [0.1, 0.15) is 29.2 Å². The Hall–Kier alpha value is -4.64. The van der Waals surface area contributed by atoms with Crippen molar-refractivity contribution in [3.8, 4) is 0 Å². The van der Waals surface area contributed by atoms with Gasteiger partial charge in [-0.3, -0.25) is 14.4 Å². The predicted molar refractivity (Wildman–Crippen MR) is 171 cm³/mol. The molecule has 0 aliphatic carbocycles. The van der Waals surface area contributed by atoms with Crippen molar-refractivity contribution in [2.45, 2.75) is 32.1 Å². The third-order valence-electron chi connectivity index (χ3n) is 8.06. The van der Waals surface area contributed by atoms with Crippen LogP contribution in [-0.4, -0.2) is 89.9 Å². The molecule has 1 aliphatic rings. The average Bonchev–Trinajstić information content (AvgIpc) is 3.05. The van der Waals surface area contributed by atoms with Crippen molar-refractivity contribution in [3.63, 3.8) is 0 Å². The lowest BCUT2D eigenvalue weighted by Crippen LogP contribution is -2.51. The van der Waals surface area contributed by atoms with Crippen LogP contribution in [-0.2, 0) is 33.5 Å². The second-order valence-electron chi connectivity index (χ2n) is 11.3. The maximum absolute atomic E-state index is 13.9. The van der Waals surface area contributed by atoms with Gasteiger partial charge in [-0.25, -0.2) is 0 Å². The number of rotatable bonds is 11. The van der Waals surface area contributed by atoms with Crippen molar-refractivity contribution in [1.82, 2.24) is 14.7 Å². The second kappa shape index (κ2) is 15.6. The Morgan fingerprint density at radius 1 is 0.891 bits per heavy atom. The molecule has 244 valence electrons. The van der Waals surface area contributed by atoms with Gasteiger partial charge in [-0.05, 0) is 47.0 Å². The summed E-state index contributed by atoms with van der Waals surface area (Å²) in [5.41, 5.74) is 2.20. The molecule has 0 aromatic heterocycles. The monoisotopic (exact) mass is 636 g/mol. The van der Waals surface area contributed by atoms with E-state index in [0.29, 0.717) is 31.7 Å². The fraction of sp³-hybridized carbons (Fsp3) is 0.343. The molecule has 3 aromatic carbocycles. The number of alkyl halides is 3. The lowest BCUT2D eigenvalue weighted by molar-refractivity contribution is -0.143. The Labute approximate surface area is 267 Å². The first-order valence-electron chi connectivity index (χ1n) is 15.1. The molecule has 0 radical (unpaired) electrons. The molecule has 1 saturated heterocycles. The van der Waals surface area contributed by atoms with Gasteiger partial charge in [-0.2, -0.15) is 13.2 Å². The molecule has 3 amide bonds. The van der Waals surface area contributed by atoms with Crippen molar-refractivity contribution in [1.29, 1.82) is 0 Å². The summed E-state index contributed by atoms with van der Waals surface area (Å²) in [6.07, 6.45) is -1.56. The van der Waals surface area contributed by atoms with Gasteiger partial charge in [-0.15, -0.1) is 0 Å². The highest BCUT2D eigenvalue weighted by Crippen LogP contribution is 2.29. The number of piperazine rings is 1. The lowest BCUT2D eigenvalue weighted by atomic mass is 10.0. The number of carbonyl (C=O) groups is 3. The van der Waals surface area contributed by atoms with Crippen LogP contribution in [0.3, 0.4) is 0 Å². The summed E-state index contributed by atoms with van der Waals surface area (Å²) in [6.45, 7) is 4.15. The maximum Gasteiger partial charge on any atom is 0.416 e. The summed E-state index contributed by atoms with van der Waals surface area (Å²) in [4.78, 5) is 46.2. The van der Waals surface area contributed by atoms with Crippen LogP contribution in [0, 0.1) is 0 Å². The van der Waals surface area contributed by atoms with Gasteiger partial charge in [0, 0.05) is 71.4 Å². The normalized spacial score (nSPS) is 14.3. The summed E-state index contributed by atoms with van der Waals surface area (Å²) >= 11 is 0. The summed E-state index contributed by atoms with van der Waals surface area (Å²) in [6, 6.07) is 20.5. The van der Waals surface area contributed by atoms with E-state index in [1.165, 1.54) is 34.1 Å². The van der Waals surface area contributed by atoms with E-state index in [2.05, 4.69) is 4.90 Å². The van der Waals surface area contributed by atoms with Crippen LogP contribution in [0.15, 0.2) is 84.9 Å². The number of likely N-dealkylation sites (N-methyl/N-ethyl adjacent to an activating group) is 1. The zero-order chi connectivity index (χ0) is 33.3. The number of hydrogen-bond donors (Lipinski definition) is 1. The first-order valence-corrected chi connectivity index (χ1v) is 15.1. The largest absolute Gasteiger partial charge is 0.416 e. The van der Waals surface area contributed by atoms with Gasteiger partial charge in [-0.1, -0.05) is 54.6 Å². The number of aliphatic hydroxyl groups excluding tert-OH is 1. The van der Waals surface area contributed by atoms with E-state index in [-0.39, 0.29) is 37.9 Å². The summed E-state index contributed by atoms with van der Waals surface area (Å²) in [5.74, 6) is -0.790. The van der Waals surface area contributed by atoms with E-state index in [9.17, 15) is 32.7 Å². The Kier molecular flexibility index (Phi) is 11.6. The zero-order valence-electron chi connectivity index (χ0n) is 26.0. The van der Waals surface area contributed by atoms with E-state index in [0.717, 1.165) is 28.9 Å². The molecule has 0 spiro atoms. The van der Waals surface area contributed by atoms with Gasteiger partial charge in [0.05, 0.1) is 12.2 Å². The van der Waals surface area contributed by atoms with Crippen molar-refractivity contribution >= 4 is 29.5 Å². The average molecular weight is 637 g/mol. The Bertz CT molecular complexity index is 1490. The molecule has 1 N–H and O–H groups in total. The lowest BCUT2D eigenvalue weighted by Gasteiger charge is -2.36. The molecule has 0 bridgehead atoms. The fourth-order valence-corrected chi connectivity index (χ4v) is 5.36. The molecule has 11 heteroatoms. The van der Waals surface area contributed by atoms with Crippen molar-refractivity contribution in [2.24, 2.45) is 0 Å². The highest BCUT2D eigenvalue weighted by atomic mass is 19.4. The van der Waals surface area contributed by atoms with Gasteiger partial charge >= 0.3 is 6.18 Å². The number of hydrogen-bond acceptors (Lipinski definition) is 5. The third kappa shape index (κ3) is 9.20. The number of carbonyl (C=O) groups excluding carboxylic acids is 3. The van der Waals surface area contributed by atoms with E-state index < -0.39 is 23.7 Å². The Balaban J connectivity index is 1.62. The minimum Gasteiger partial charge on any atom is -0.395 e. The third-order valence-corrected chi connectivity index (χ3v) is 8.06. The molecular weight excluding hydrogens is 597 g/mol. The molecule has 3 aromatic rings. The number of nitrogens with zero attached hydrogens (tertiary/aromatic N) is 4. The van der Waals surface area contributed by atoms with Crippen LogP contribution in [0.25, 0.3) is 6.08 Å². The van der Waals surface area contributed by atoms with Crippen molar-refractivity contribution in [2.75, 3.05) is 51.3 Å². The van der Waals surface area contributed by atoms with E-state index in [1.54, 1.807) is 14.0 Å². The van der Waals surface area contributed by atoms with Crippen molar-refractivity contribution < 1.29 is 32.7 Å². The highest BCUT2D eigenvalue weighted by Gasteiger charge is 2.32. The van der Waals surface area contributed by atoms with Crippen molar-refractivity contribution in [3.05, 3.63) is 107 Å². The minimum atomic E-state index is -4.47. The number of halogens is 3. The number of anilines is 1. The molecule has 46 heavy (non-hydrogen) atoms. The van der Waals surface area contributed by atoms with Crippen LogP contribution in [0.5, 0.6) is 0 Å². The Morgan fingerprint density at radius 3 is 2.09 bits per heavy atom. The topological polar surface area (TPSA) is 84.4 Å². The quantitative estimate of drug-likeness (QED) is 0.314. The SMILES string of the molecule is CC(=O)N1CCN(c2ccc(CN(C(=O)/C=C/c3ccc(C(F)(F)F)cc3)[C@@H](Cc3ccccc3)C(=O)N(C)CCO)cc2)CC1. The summed E-state index contributed by atoms with van der Waals surface area (Å²) in [5, 5.41) is 9.52. The highest BCUT2D eigenvalue weighted by molar-refractivity contribution is 5.95. The Morgan fingerprint density at radius 2 is 1.52 bits per heavy atom. The molecule has 1 heterocycles. The first kappa shape index (κ1) is 34.2. The van der Waals surface area contributed by atoms with Crippen LogP contribution in [0.2, 0.25) is 0 Å². The van der Waals surface area contributed by atoms with Gasteiger partial charge in [0.25, 0.3) is 0 Å². The molecule has 1 fully saturated rings. The molecule has 1 atom stereocenters. The molecule has 0 unspecified atom stereocenters. The van der Waals surface area contributed by atoms with Crippen LogP contribution in [0.4, 0.5) is 18.9 Å². The predicted octanol–water partition coefficient (Wildman–Crippen LogP) is 4.48. The van der Waals surface area contributed by atoms with E-state index in [1.807, 2.05) is 59.5 Å². The first-order chi connectivity index (χ1) is 22.0. The second-order valence-corrected chi connectivity index (χ2v) is 11.3. The summed E-state index contributed by atoms with van der Waals surface area (Å²) < 4.78 is 39.1. The molecule has 0 saturated carbocycles. The van der Waals surface area contributed by atoms with Crippen LogP contribution >= 0.6 is 0 Å². The fourth-order valence-electron chi connectivity index (χ4n) is 5.36. The zero-order valence-corrected chi connectivity index (χ0v) is 26.0. The number of benzene rings is 3. The number of aliphatic hydroxyl groups is 1. The van der Waals surface area contributed by atoms with E-state index in [4.69, 9.17) is 0 Å². The standard InChI is InChI=1S/C35H39F3N4O4/c1-26(44)40-18-20-41(21-19-40)31-15-10-29(11-16-31)25-42(33(45)17-12-27-8-13-30(14-9-27)35(36,37)38)32(34(46)39(2)22-23-43)24-28-6-4-3-5-7-28/h3-17,32,43H,18-25H2,1-2H3/b17-12+/t32-/m0/s1. The molecule has 1 aliphatic heterocycles. The van der Waals surface area contributed by atoms with Gasteiger partial charge < -0.3 is 24.7 Å². The molecular formula is C35H39F3N4O4. The van der Waals surface area contributed by atoms with Gasteiger partial charge in [0.1, 0.15) is 6.04 Å². The van der Waals surface area contributed by atoms with E-state index >= 15 is 0 Å². The molecule has 4 rings (SSSR count). The maximum atomic E-state index is 13.9. The van der Waals surface area contributed by atoms with Gasteiger partial charge in [0.2, 0.25) is 17.7 Å².